The van der Waals surface area contributed by atoms with Gasteiger partial charge in [0.25, 0.3) is 0 Å². The molecule has 0 atom stereocenters. The molecule has 0 unspecified atom stereocenters. The normalized spacial score (nSPS) is 12.6. The lowest BCUT2D eigenvalue weighted by Gasteiger charge is -2.23. The minimum atomic E-state index is -4.24. The number of carbonyl (C=O) groups is 1. The maximum absolute atomic E-state index is 11.8. The van der Waals surface area contributed by atoms with Gasteiger partial charge < -0.3 is 10.4 Å². The van der Waals surface area contributed by atoms with Crippen molar-refractivity contribution in [3.05, 3.63) is 0 Å². The lowest BCUT2D eigenvalue weighted by atomic mass is 9.90. The van der Waals surface area contributed by atoms with Crippen LogP contribution in [-0.2, 0) is 4.79 Å². The summed E-state index contributed by atoms with van der Waals surface area (Å²) in [6.45, 7) is 4.10. The van der Waals surface area contributed by atoms with Crippen LogP contribution < -0.4 is 5.32 Å². The van der Waals surface area contributed by atoms with Crippen molar-refractivity contribution in [2.75, 3.05) is 24.7 Å². The van der Waals surface area contributed by atoms with E-state index in [0.29, 0.717) is 24.7 Å². The van der Waals surface area contributed by atoms with Crippen LogP contribution in [-0.4, -0.2) is 41.8 Å². The van der Waals surface area contributed by atoms with Gasteiger partial charge in [0.2, 0.25) is 5.91 Å². The second kappa shape index (κ2) is 7.10. The SMILES string of the molecule is CC(C)(CCO)CNC(=O)CSCC(F)(F)F. The zero-order valence-electron chi connectivity index (χ0n) is 9.93. The molecule has 2 N–H and O–H groups in total. The Hall–Kier alpha value is -0.430. The Morgan fingerprint density at radius 3 is 2.41 bits per heavy atom. The molecule has 0 aromatic carbocycles. The highest BCUT2D eigenvalue weighted by molar-refractivity contribution is 8.00. The first kappa shape index (κ1) is 16.6. The van der Waals surface area contributed by atoms with Crippen molar-refractivity contribution >= 4 is 17.7 Å². The summed E-state index contributed by atoms with van der Waals surface area (Å²) in [6.07, 6.45) is -3.70. The van der Waals surface area contributed by atoms with Crippen molar-refractivity contribution in [2.45, 2.75) is 26.4 Å². The molecule has 3 nitrogen and oxygen atoms in total. The highest BCUT2D eigenvalue weighted by Gasteiger charge is 2.27. The van der Waals surface area contributed by atoms with Crippen LogP contribution in [0.1, 0.15) is 20.3 Å². The molecule has 0 aliphatic heterocycles. The first-order chi connectivity index (χ1) is 7.66. The number of amides is 1. The summed E-state index contributed by atoms with van der Waals surface area (Å²) in [5.74, 6) is -1.62. The summed E-state index contributed by atoms with van der Waals surface area (Å²) in [5.41, 5.74) is -0.251. The van der Waals surface area contributed by atoms with E-state index in [-0.39, 0.29) is 17.8 Å². The van der Waals surface area contributed by atoms with Gasteiger partial charge in [0.1, 0.15) is 0 Å². The van der Waals surface area contributed by atoms with Gasteiger partial charge in [0.05, 0.1) is 11.5 Å². The van der Waals surface area contributed by atoms with Gasteiger partial charge in [-0.3, -0.25) is 4.79 Å². The molecule has 0 aromatic rings. The smallest absolute Gasteiger partial charge is 0.396 e. The minimum Gasteiger partial charge on any atom is -0.396 e. The molecule has 102 valence electrons. The van der Waals surface area contributed by atoms with E-state index in [0.717, 1.165) is 0 Å². The standard InChI is InChI=1S/C10H18F3NO2S/c1-9(2,3-4-15)6-14-8(16)5-17-7-10(11,12)13/h15H,3-7H2,1-2H3,(H,14,16). The van der Waals surface area contributed by atoms with Gasteiger partial charge in [0, 0.05) is 13.2 Å². The number of hydrogen-bond acceptors (Lipinski definition) is 3. The number of hydrogen-bond donors (Lipinski definition) is 2. The second-order valence-corrected chi connectivity index (χ2v) is 5.51. The topological polar surface area (TPSA) is 49.3 Å². The predicted octanol–water partition coefficient (Wildman–Crippen LogP) is 1.81. The molecule has 0 aromatic heterocycles. The van der Waals surface area contributed by atoms with Crippen molar-refractivity contribution in [1.29, 1.82) is 0 Å². The van der Waals surface area contributed by atoms with E-state index in [1.54, 1.807) is 0 Å². The Morgan fingerprint density at radius 1 is 1.35 bits per heavy atom. The van der Waals surface area contributed by atoms with Gasteiger partial charge in [-0.25, -0.2) is 0 Å². The van der Waals surface area contributed by atoms with Gasteiger partial charge in [-0.05, 0) is 11.8 Å². The lowest BCUT2D eigenvalue weighted by molar-refractivity contribution is -0.119. The Labute approximate surface area is 103 Å². The third-order valence-corrected chi connectivity index (χ3v) is 3.05. The maximum Gasteiger partial charge on any atom is 0.397 e. The van der Waals surface area contributed by atoms with E-state index in [1.165, 1.54) is 0 Å². The summed E-state index contributed by atoms with van der Waals surface area (Å²) >= 11 is 0.546. The van der Waals surface area contributed by atoms with Gasteiger partial charge >= 0.3 is 6.18 Å². The van der Waals surface area contributed by atoms with E-state index in [4.69, 9.17) is 5.11 Å². The van der Waals surface area contributed by atoms with Crippen LogP contribution in [0.15, 0.2) is 0 Å². The Balaban J connectivity index is 3.73. The molecule has 7 heteroatoms. The first-order valence-electron chi connectivity index (χ1n) is 5.18. The van der Waals surface area contributed by atoms with Crippen molar-refractivity contribution in [3.8, 4) is 0 Å². The summed E-state index contributed by atoms with van der Waals surface area (Å²) in [7, 11) is 0. The van der Waals surface area contributed by atoms with Crippen LogP contribution in [0, 0.1) is 5.41 Å². The van der Waals surface area contributed by atoms with Crippen LogP contribution in [0.3, 0.4) is 0 Å². The summed E-state index contributed by atoms with van der Waals surface area (Å²) in [6, 6.07) is 0. The summed E-state index contributed by atoms with van der Waals surface area (Å²) in [4.78, 5) is 11.2. The number of carbonyl (C=O) groups excluding carboxylic acids is 1. The van der Waals surface area contributed by atoms with Crippen molar-refractivity contribution in [2.24, 2.45) is 5.41 Å². The van der Waals surface area contributed by atoms with Crippen molar-refractivity contribution < 1.29 is 23.1 Å². The molecule has 17 heavy (non-hydrogen) atoms. The van der Waals surface area contributed by atoms with E-state index in [2.05, 4.69) is 5.32 Å². The number of aliphatic hydroxyl groups is 1. The third-order valence-electron chi connectivity index (χ3n) is 2.05. The fraction of sp³-hybridized carbons (Fsp3) is 0.900. The maximum atomic E-state index is 11.8. The number of alkyl halides is 3. The van der Waals surface area contributed by atoms with E-state index < -0.39 is 17.8 Å². The van der Waals surface area contributed by atoms with Gasteiger partial charge in [-0.15, -0.1) is 11.8 Å². The molecule has 0 radical (unpaired) electrons. The van der Waals surface area contributed by atoms with E-state index >= 15 is 0 Å². The average Bonchev–Trinajstić information content (AvgIpc) is 2.13. The quantitative estimate of drug-likeness (QED) is 0.743. The largest absolute Gasteiger partial charge is 0.397 e. The molecule has 0 rings (SSSR count). The van der Waals surface area contributed by atoms with Gasteiger partial charge in [-0.1, -0.05) is 13.8 Å². The van der Waals surface area contributed by atoms with E-state index in [9.17, 15) is 18.0 Å². The third kappa shape index (κ3) is 10.4. The zero-order chi connectivity index (χ0) is 13.5. The fourth-order valence-corrected chi connectivity index (χ4v) is 1.66. The van der Waals surface area contributed by atoms with Crippen molar-refractivity contribution in [3.63, 3.8) is 0 Å². The van der Waals surface area contributed by atoms with Crippen LogP contribution >= 0.6 is 11.8 Å². The number of halogens is 3. The molecule has 1 amide bonds. The molecule has 0 fully saturated rings. The molecule has 0 heterocycles. The molecular formula is C10H18F3NO2S. The molecule has 0 bridgehead atoms. The molecule has 0 saturated carbocycles. The zero-order valence-corrected chi connectivity index (χ0v) is 10.7. The van der Waals surface area contributed by atoms with Crippen LogP contribution in [0.25, 0.3) is 0 Å². The number of thioether (sulfide) groups is 1. The highest BCUT2D eigenvalue weighted by atomic mass is 32.2. The minimum absolute atomic E-state index is 0.0195. The molecule has 0 aliphatic carbocycles. The molecule has 0 saturated heterocycles. The highest BCUT2D eigenvalue weighted by Crippen LogP contribution is 2.21. The summed E-state index contributed by atoms with van der Waals surface area (Å²) in [5, 5.41) is 11.3. The van der Waals surface area contributed by atoms with Crippen LogP contribution in [0.5, 0.6) is 0 Å². The van der Waals surface area contributed by atoms with Gasteiger partial charge in [0.15, 0.2) is 0 Å². The first-order valence-corrected chi connectivity index (χ1v) is 6.34. The number of rotatable bonds is 7. The van der Waals surface area contributed by atoms with Crippen LogP contribution in [0.2, 0.25) is 0 Å². The average molecular weight is 273 g/mol. The predicted molar refractivity (Wildman–Crippen MR) is 61.9 cm³/mol. The van der Waals surface area contributed by atoms with Crippen molar-refractivity contribution in [1.82, 2.24) is 5.32 Å². The summed E-state index contributed by atoms with van der Waals surface area (Å²) < 4.78 is 35.4. The fourth-order valence-electron chi connectivity index (χ4n) is 1.04. The lowest BCUT2D eigenvalue weighted by Crippen LogP contribution is -2.35. The van der Waals surface area contributed by atoms with E-state index in [1.807, 2.05) is 13.8 Å². The molecule has 0 aliphatic rings. The number of aliphatic hydroxyl groups excluding tert-OH is 1. The van der Waals surface area contributed by atoms with Gasteiger partial charge in [-0.2, -0.15) is 13.2 Å². The monoisotopic (exact) mass is 273 g/mol. The Morgan fingerprint density at radius 2 is 1.94 bits per heavy atom. The molecule has 0 spiro atoms. The number of nitrogens with one attached hydrogen (secondary N) is 1. The molecular weight excluding hydrogens is 255 g/mol. The van der Waals surface area contributed by atoms with Crippen LogP contribution in [0.4, 0.5) is 13.2 Å². The Kier molecular flexibility index (Phi) is 6.92. The second-order valence-electron chi connectivity index (χ2n) is 4.52. The Bertz CT molecular complexity index is 244.